The van der Waals surface area contributed by atoms with Crippen LogP contribution in [0.5, 0.6) is 0 Å². The Hall–Kier alpha value is -1.34. The molecule has 0 radical (unpaired) electrons. The lowest BCUT2D eigenvalue weighted by Crippen LogP contribution is -2.31. The van der Waals surface area contributed by atoms with Crippen LogP contribution >= 0.6 is 0 Å². The van der Waals surface area contributed by atoms with Crippen LogP contribution in [0.4, 0.5) is 0 Å². The Kier molecular flexibility index (Phi) is 7.08. The highest BCUT2D eigenvalue weighted by molar-refractivity contribution is 5.33. The van der Waals surface area contributed by atoms with Gasteiger partial charge in [0.25, 0.3) is 0 Å². The third-order valence-electron chi connectivity index (χ3n) is 2.14. The van der Waals surface area contributed by atoms with E-state index >= 15 is 0 Å². The molecule has 0 heterocycles. The van der Waals surface area contributed by atoms with Crippen molar-refractivity contribution in [2.45, 2.75) is 13.0 Å². The van der Waals surface area contributed by atoms with Crippen molar-refractivity contribution in [3.05, 3.63) is 35.9 Å². The monoisotopic (exact) mass is 232 g/mol. The lowest BCUT2D eigenvalue weighted by atomic mass is 10.2. The Labute approximate surface area is 103 Å². The van der Waals surface area contributed by atoms with E-state index in [1.165, 1.54) is 0 Å². The van der Waals surface area contributed by atoms with E-state index in [1.54, 1.807) is 6.92 Å². The molecule has 1 rings (SSSR count). The van der Waals surface area contributed by atoms with Crippen molar-refractivity contribution >= 4 is 0 Å². The Bertz CT molecular complexity index is 351. The van der Waals surface area contributed by atoms with E-state index in [2.05, 4.69) is 22.5 Å². The lowest BCUT2D eigenvalue weighted by Gasteiger charge is -2.06. The minimum absolute atomic E-state index is 0.284. The molecule has 0 saturated carbocycles. The predicted molar refractivity (Wildman–Crippen MR) is 70.7 cm³/mol. The topological polar surface area (TPSA) is 44.3 Å². The fourth-order valence-electron chi connectivity index (χ4n) is 1.31. The second-order valence-corrected chi connectivity index (χ2v) is 3.90. The predicted octanol–water partition coefficient (Wildman–Crippen LogP) is 0.598. The maximum absolute atomic E-state index is 9.01. The average molecular weight is 232 g/mol. The number of benzene rings is 1. The minimum atomic E-state index is -0.284. The third-order valence-corrected chi connectivity index (χ3v) is 2.14. The molecule has 0 amide bonds. The molecule has 0 unspecified atom stereocenters. The van der Waals surface area contributed by atoms with E-state index in [-0.39, 0.29) is 6.10 Å². The van der Waals surface area contributed by atoms with Crippen LogP contribution in [0.1, 0.15) is 12.5 Å². The quantitative estimate of drug-likeness (QED) is 0.497. The summed E-state index contributed by atoms with van der Waals surface area (Å²) in [5.74, 6) is 6.14. The first-order chi connectivity index (χ1) is 8.29. The number of hydrogen-bond donors (Lipinski definition) is 3. The second kappa shape index (κ2) is 8.77. The van der Waals surface area contributed by atoms with Crippen LogP contribution < -0.4 is 10.6 Å². The van der Waals surface area contributed by atoms with Crippen LogP contribution in [0.3, 0.4) is 0 Å². The molecule has 0 saturated heterocycles. The highest BCUT2D eigenvalue weighted by Gasteiger charge is 1.92. The van der Waals surface area contributed by atoms with Gasteiger partial charge in [-0.15, -0.1) is 0 Å². The molecular weight excluding hydrogens is 212 g/mol. The first kappa shape index (κ1) is 13.7. The molecule has 0 fully saturated rings. The summed E-state index contributed by atoms with van der Waals surface area (Å²) in [5, 5.41) is 15.4. The van der Waals surface area contributed by atoms with Crippen molar-refractivity contribution in [1.82, 2.24) is 10.6 Å². The molecular formula is C14H20N2O. The maximum atomic E-state index is 9.01. The zero-order valence-electron chi connectivity index (χ0n) is 10.2. The minimum Gasteiger partial charge on any atom is -0.392 e. The smallest absolute Gasteiger partial charge is 0.0636 e. The van der Waals surface area contributed by atoms with Gasteiger partial charge in [-0.05, 0) is 19.1 Å². The number of nitrogens with one attached hydrogen (secondary N) is 2. The van der Waals surface area contributed by atoms with Gasteiger partial charge in [0.2, 0.25) is 0 Å². The lowest BCUT2D eigenvalue weighted by molar-refractivity contribution is 0.191. The van der Waals surface area contributed by atoms with Gasteiger partial charge in [0, 0.05) is 25.2 Å². The van der Waals surface area contributed by atoms with Crippen LogP contribution in [-0.2, 0) is 0 Å². The fraction of sp³-hybridized carbons (Fsp3) is 0.429. The number of hydrogen-bond acceptors (Lipinski definition) is 3. The summed E-state index contributed by atoms with van der Waals surface area (Å²) in [6.45, 7) is 4.79. The van der Waals surface area contributed by atoms with Crippen LogP contribution in [0.2, 0.25) is 0 Å². The molecule has 0 spiro atoms. The van der Waals surface area contributed by atoms with Gasteiger partial charge in [-0.1, -0.05) is 30.0 Å². The van der Waals surface area contributed by atoms with Crippen molar-refractivity contribution in [3.63, 3.8) is 0 Å². The van der Waals surface area contributed by atoms with Gasteiger partial charge in [-0.25, -0.2) is 0 Å². The van der Waals surface area contributed by atoms with Crippen molar-refractivity contribution in [1.29, 1.82) is 0 Å². The highest BCUT2D eigenvalue weighted by Crippen LogP contribution is 1.93. The summed E-state index contributed by atoms with van der Waals surface area (Å²) >= 11 is 0. The van der Waals surface area contributed by atoms with Crippen molar-refractivity contribution in [3.8, 4) is 11.8 Å². The SMILES string of the molecule is C[C@H](O)CNCCNCC#Cc1ccccc1. The normalized spacial score (nSPS) is 11.6. The molecule has 1 aromatic carbocycles. The van der Waals surface area contributed by atoms with Gasteiger partial charge in [0.05, 0.1) is 12.6 Å². The van der Waals surface area contributed by atoms with E-state index in [0.29, 0.717) is 13.1 Å². The van der Waals surface area contributed by atoms with E-state index in [4.69, 9.17) is 5.11 Å². The van der Waals surface area contributed by atoms with Gasteiger partial charge in [-0.3, -0.25) is 0 Å². The van der Waals surface area contributed by atoms with E-state index in [1.807, 2.05) is 30.3 Å². The number of aliphatic hydroxyl groups excluding tert-OH is 1. The molecule has 17 heavy (non-hydrogen) atoms. The van der Waals surface area contributed by atoms with Crippen LogP contribution in [0, 0.1) is 11.8 Å². The number of aliphatic hydroxyl groups is 1. The summed E-state index contributed by atoms with van der Waals surface area (Å²) in [7, 11) is 0. The average Bonchev–Trinajstić information content (AvgIpc) is 2.33. The largest absolute Gasteiger partial charge is 0.392 e. The Balaban J connectivity index is 2.03. The van der Waals surface area contributed by atoms with Crippen molar-refractivity contribution < 1.29 is 5.11 Å². The molecule has 0 bridgehead atoms. The van der Waals surface area contributed by atoms with Gasteiger partial charge in [0.15, 0.2) is 0 Å². The fourth-order valence-corrected chi connectivity index (χ4v) is 1.31. The molecule has 1 aromatic rings. The molecule has 3 N–H and O–H groups in total. The van der Waals surface area contributed by atoms with Crippen LogP contribution in [0.15, 0.2) is 30.3 Å². The Morgan fingerprint density at radius 2 is 1.88 bits per heavy atom. The van der Waals surface area contributed by atoms with Crippen LogP contribution in [0.25, 0.3) is 0 Å². The molecule has 3 heteroatoms. The summed E-state index contributed by atoms with van der Waals surface area (Å²) < 4.78 is 0. The van der Waals surface area contributed by atoms with E-state index in [0.717, 1.165) is 18.7 Å². The second-order valence-electron chi connectivity index (χ2n) is 3.90. The van der Waals surface area contributed by atoms with Gasteiger partial charge in [-0.2, -0.15) is 0 Å². The first-order valence-electron chi connectivity index (χ1n) is 5.92. The molecule has 3 nitrogen and oxygen atoms in total. The molecule has 92 valence electrons. The van der Waals surface area contributed by atoms with Crippen LogP contribution in [-0.4, -0.2) is 37.4 Å². The highest BCUT2D eigenvalue weighted by atomic mass is 16.3. The van der Waals surface area contributed by atoms with E-state index in [9.17, 15) is 0 Å². The van der Waals surface area contributed by atoms with Gasteiger partial charge >= 0.3 is 0 Å². The van der Waals surface area contributed by atoms with Crippen molar-refractivity contribution in [2.24, 2.45) is 0 Å². The van der Waals surface area contributed by atoms with Gasteiger partial charge < -0.3 is 15.7 Å². The first-order valence-corrected chi connectivity index (χ1v) is 5.92. The molecule has 1 atom stereocenters. The molecule has 0 aliphatic carbocycles. The zero-order chi connectivity index (χ0) is 12.3. The van der Waals surface area contributed by atoms with Gasteiger partial charge in [0.1, 0.15) is 0 Å². The standard InChI is InChI=1S/C14H20N2O/c1-13(17)12-16-11-10-15-9-5-8-14-6-3-2-4-7-14/h2-4,6-7,13,15-17H,9-12H2,1H3/t13-/m0/s1. The third kappa shape index (κ3) is 7.53. The Morgan fingerprint density at radius 3 is 2.59 bits per heavy atom. The van der Waals surface area contributed by atoms with E-state index < -0.39 is 0 Å². The summed E-state index contributed by atoms with van der Waals surface area (Å²) in [5.41, 5.74) is 1.04. The Morgan fingerprint density at radius 1 is 1.18 bits per heavy atom. The molecule has 0 aliphatic rings. The summed E-state index contributed by atoms with van der Waals surface area (Å²) in [6.07, 6.45) is -0.284. The zero-order valence-corrected chi connectivity index (χ0v) is 10.2. The summed E-state index contributed by atoms with van der Waals surface area (Å²) in [6, 6.07) is 9.94. The maximum Gasteiger partial charge on any atom is 0.0636 e. The molecule has 0 aliphatic heterocycles. The number of rotatable bonds is 6. The summed E-state index contributed by atoms with van der Waals surface area (Å²) in [4.78, 5) is 0. The molecule has 0 aromatic heterocycles. The van der Waals surface area contributed by atoms with Crippen molar-refractivity contribution in [2.75, 3.05) is 26.2 Å².